The normalized spacial score (nSPS) is 14.6. The van der Waals surface area contributed by atoms with Crippen LogP contribution in [0.4, 0.5) is 8.78 Å². The van der Waals surface area contributed by atoms with E-state index in [0.29, 0.717) is 34.7 Å². The minimum Gasteiger partial charge on any atom is -0.491 e. The fourth-order valence-electron chi connectivity index (χ4n) is 4.85. The van der Waals surface area contributed by atoms with Crippen LogP contribution in [0.5, 0.6) is 5.75 Å². The molecule has 0 aliphatic heterocycles. The number of aromatic nitrogens is 2. The van der Waals surface area contributed by atoms with Crippen LogP contribution in [0, 0.1) is 6.92 Å². The Morgan fingerprint density at radius 2 is 2.00 bits per heavy atom. The predicted octanol–water partition coefficient (Wildman–Crippen LogP) is 5.30. The summed E-state index contributed by atoms with van der Waals surface area (Å²) in [5.41, 5.74) is 3.71. The molecular weight excluding hydrogens is 512 g/mol. The number of nitrogens with one attached hydrogen (secondary N) is 1. The van der Waals surface area contributed by atoms with Gasteiger partial charge in [0, 0.05) is 30.1 Å². The van der Waals surface area contributed by atoms with Crippen LogP contribution in [0.25, 0.3) is 33.1 Å². The van der Waals surface area contributed by atoms with Crippen molar-refractivity contribution < 1.29 is 27.0 Å². The van der Waals surface area contributed by atoms with Gasteiger partial charge in [-0.15, -0.1) is 0 Å². The molecule has 1 aliphatic rings. The Bertz CT molecular complexity index is 1580. The smallest absolute Gasteiger partial charge is 0.308 e. The van der Waals surface area contributed by atoms with Crippen molar-refractivity contribution in [3.63, 3.8) is 0 Å². The molecule has 0 unspecified atom stereocenters. The fraction of sp³-hybridized carbons (Fsp3) is 0.393. The molecule has 0 saturated heterocycles. The molecule has 4 aromatic rings. The van der Waals surface area contributed by atoms with E-state index < -0.39 is 22.3 Å². The maximum atomic E-state index is 14.7. The quantitative estimate of drug-likeness (QED) is 0.249. The second-order valence-electron chi connectivity index (χ2n) is 9.73. The van der Waals surface area contributed by atoms with Crippen LogP contribution < -0.4 is 4.74 Å². The van der Waals surface area contributed by atoms with E-state index in [9.17, 15) is 17.2 Å². The first kappa shape index (κ1) is 26.5. The second-order valence-corrected chi connectivity index (χ2v) is 12.0. The van der Waals surface area contributed by atoms with Crippen LogP contribution in [0.15, 0.2) is 53.6 Å². The van der Waals surface area contributed by atoms with E-state index in [0.717, 1.165) is 32.4 Å². The molecule has 5 rings (SSSR count). The van der Waals surface area contributed by atoms with E-state index in [-0.39, 0.29) is 31.6 Å². The zero-order valence-electron chi connectivity index (χ0n) is 21.4. The summed E-state index contributed by atoms with van der Waals surface area (Å²) < 4.78 is 61.0. The maximum absolute atomic E-state index is 14.7. The monoisotopic (exact) mass is 543 g/mol. The number of sulfone groups is 1. The lowest BCUT2D eigenvalue weighted by atomic mass is 9.99. The van der Waals surface area contributed by atoms with E-state index >= 15 is 0 Å². The minimum atomic E-state index is -3.37. The van der Waals surface area contributed by atoms with Gasteiger partial charge in [0.1, 0.15) is 11.4 Å². The van der Waals surface area contributed by atoms with Crippen LogP contribution >= 0.6 is 0 Å². The molecule has 0 radical (unpaired) electrons. The zero-order valence-corrected chi connectivity index (χ0v) is 22.2. The van der Waals surface area contributed by atoms with Crippen molar-refractivity contribution in [1.29, 1.82) is 0 Å². The van der Waals surface area contributed by atoms with Crippen molar-refractivity contribution in [2.75, 3.05) is 26.3 Å². The summed E-state index contributed by atoms with van der Waals surface area (Å²) in [6.45, 7) is 2.95. The number of likely N-dealkylation sites (N-methyl/N-ethyl adjacent to an activating group) is 1. The lowest BCUT2D eigenvalue weighted by Crippen LogP contribution is -2.44. The van der Waals surface area contributed by atoms with Crippen molar-refractivity contribution in [2.24, 2.45) is 0 Å². The molecule has 1 fully saturated rings. The van der Waals surface area contributed by atoms with Crippen molar-refractivity contribution in [3.8, 4) is 16.9 Å². The number of H-pyrrole nitrogens is 1. The topological polar surface area (TPSA) is 95.5 Å². The molecule has 2 aromatic carbocycles. The number of aliphatic hydroxyl groups excluding tert-OH is 1. The minimum absolute atomic E-state index is 0.106. The van der Waals surface area contributed by atoms with Crippen LogP contribution in [0.1, 0.15) is 31.7 Å². The number of aryl methyl sites for hydroxylation is 1. The Morgan fingerprint density at radius 1 is 1.21 bits per heavy atom. The standard InChI is InChI=1S/C28H31F2N3O4S/c1-3-33(12-13-34)28(29,30)11-14-37-24-10-9-22(25-23-15-18(2)17-31-27(23)32-26(24)25)19-5-4-6-21(16-19)38(35,36)20-7-8-20/h4-6,9-10,15-17,20,34H,3,7-8,11-14H2,1-2H3,(H,31,32). The maximum Gasteiger partial charge on any atom is 0.308 e. The van der Waals surface area contributed by atoms with E-state index in [1.165, 1.54) is 0 Å². The van der Waals surface area contributed by atoms with Gasteiger partial charge in [0.05, 0.1) is 35.3 Å². The Hall–Kier alpha value is -3.08. The third-order valence-electron chi connectivity index (χ3n) is 7.02. The molecule has 2 heterocycles. The zero-order chi connectivity index (χ0) is 27.1. The summed E-state index contributed by atoms with van der Waals surface area (Å²) in [5.74, 6) is 0.405. The second kappa shape index (κ2) is 10.2. The highest BCUT2D eigenvalue weighted by Crippen LogP contribution is 2.41. The number of benzene rings is 2. The van der Waals surface area contributed by atoms with Gasteiger partial charge in [0.25, 0.3) is 0 Å². The van der Waals surface area contributed by atoms with Gasteiger partial charge in [-0.25, -0.2) is 18.3 Å². The predicted molar refractivity (Wildman–Crippen MR) is 143 cm³/mol. The summed E-state index contributed by atoms with van der Waals surface area (Å²) in [7, 11) is -3.37. The SMILES string of the molecule is CCN(CCO)C(F)(F)CCOc1ccc(-c2cccc(S(=O)(=O)C3CC3)c2)c2c1[nH]c1ncc(C)cc12. The van der Waals surface area contributed by atoms with Crippen molar-refractivity contribution >= 4 is 31.8 Å². The number of fused-ring (bicyclic) bond motifs is 3. The van der Waals surface area contributed by atoms with Gasteiger partial charge >= 0.3 is 6.05 Å². The summed E-state index contributed by atoms with van der Waals surface area (Å²) in [6.07, 6.45) is 2.57. The first-order valence-electron chi connectivity index (χ1n) is 12.8. The van der Waals surface area contributed by atoms with E-state index in [1.54, 1.807) is 37.4 Å². The molecule has 0 atom stereocenters. The number of hydrogen-bond donors (Lipinski definition) is 2. The number of pyridine rings is 1. The van der Waals surface area contributed by atoms with Gasteiger partial charge in [0.2, 0.25) is 0 Å². The fourth-order valence-corrected chi connectivity index (χ4v) is 6.55. The summed E-state index contributed by atoms with van der Waals surface area (Å²) in [5, 5.41) is 10.4. The molecule has 10 heteroatoms. The van der Waals surface area contributed by atoms with Gasteiger partial charge in [-0.1, -0.05) is 19.1 Å². The third kappa shape index (κ3) is 5.00. The van der Waals surface area contributed by atoms with Crippen LogP contribution in [0.3, 0.4) is 0 Å². The Balaban J connectivity index is 1.54. The molecule has 0 bridgehead atoms. The molecule has 0 amide bonds. The van der Waals surface area contributed by atoms with Crippen molar-refractivity contribution in [3.05, 3.63) is 54.2 Å². The van der Waals surface area contributed by atoms with Crippen LogP contribution in [-0.2, 0) is 9.84 Å². The molecule has 38 heavy (non-hydrogen) atoms. The number of aromatic amines is 1. The molecule has 2 aromatic heterocycles. The molecule has 1 saturated carbocycles. The largest absolute Gasteiger partial charge is 0.491 e. The Labute approximate surface area is 220 Å². The number of alkyl halides is 2. The third-order valence-corrected chi connectivity index (χ3v) is 9.28. The van der Waals surface area contributed by atoms with E-state index in [2.05, 4.69) is 9.97 Å². The number of hydrogen-bond acceptors (Lipinski definition) is 6. The van der Waals surface area contributed by atoms with Gasteiger partial charge in [-0.3, -0.25) is 0 Å². The summed E-state index contributed by atoms with van der Waals surface area (Å²) in [4.78, 5) is 8.99. The number of nitrogens with zero attached hydrogens (tertiary/aromatic N) is 2. The number of rotatable bonds is 11. The first-order chi connectivity index (χ1) is 18.2. The molecule has 2 N–H and O–H groups in total. The number of aliphatic hydroxyl groups is 1. The van der Waals surface area contributed by atoms with Gasteiger partial charge in [-0.2, -0.15) is 8.78 Å². The van der Waals surface area contributed by atoms with Gasteiger partial charge in [-0.05, 0) is 66.8 Å². The molecule has 202 valence electrons. The highest BCUT2D eigenvalue weighted by molar-refractivity contribution is 7.92. The summed E-state index contributed by atoms with van der Waals surface area (Å²) >= 11 is 0. The lowest BCUT2D eigenvalue weighted by molar-refractivity contribution is -0.157. The summed E-state index contributed by atoms with van der Waals surface area (Å²) in [6, 6.07) is 9.35. The van der Waals surface area contributed by atoms with Crippen LogP contribution in [-0.4, -0.2) is 66.0 Å². The molecule has 7 nitrogen and oxygen atoms in total. The highest BCUT2D eigenvalue weighted by atomic mass is 32.2. The Kier molecular flexibility index (Phi) is 7.15. The average molecular weight is 544 g/mol. The molecule has 1 aliphatic carbocycles. The lowest BCUT2D eigenvalue weighted by Gasteiger charge is -2.29. The number of halogens is 2. The van der Waals surface area contributed by atoms with Crippen LogP contribution in [0.2, 0.25) is 0 Å². The Morgan fingerprint density at radius 3 is 2.71 bits per heavy atom. The first-order valence-corrected chi connectivity index (χ1v) is 14.3. The van der Waals surface area contributed by atoms with E-state index in [1.807, 2.05) is 25.1 Å². The van der Waals surface area contributed by atoms with E-state index in [4.69, 9.17) is 9.84 Å². The highest BCUT2D eigenvalue weighted by Gasteiger charge is 2.37. The number of ether oxygens (including phenoxy) is 1. The van der Waals surface area contributed by atoms with Gasteiger partial charge in [0.15, 0.2) is 9.84 Å². The van der Waals surface area contributed by atoms with Crippen molar-refractivity contribution in [2.45, 2.75) is 49.3 Å². The average Bonchev–Trinajstić information content (AvgIpc) is 3.69. The van der Waals surface area contributed by atoms with Gasteiger partial charge < -0.3 is 14.8 Å². The van der Waals surface area contributed by atoms with Crippen molar-refractivity contribution in [1.82, 2.24) is 14.9 Å². The molecule has 0 spiro atoms. The molecular formula is C28H31F2N3O4S.